The third kappa shape index (κ3) is 4.98. The molecule has 1 N–H and O–H groups in total. The van der Waals surface area contributed by atoms with E-state index in [1.54, 1.807) is 52.1 Å². The molecule has 1 aromatic rings. The zero-order valence-electron chi connectivity index (χ0n) is 12.7. The summed E-state index contributed by atoms with van der Waals surface area (Å²) in [7, 11) is 1.56. The number of ether oxygens (including phenoxy) is 2. The van der Waals surface area contributed by atoms with Crippen molar-refractivity contribution in [1.82, 2.24) is 4.90 Å². The van der Waals surface area contributed by atoms with Crippen LogP contribution >= 0.6 is 0 Å². The molecular formula is C15H21NO5. The normalized spacial score (nSPS) is 11.9. The quantitative estimate of drug-likeness (QED) is 0.830. The second-order valence-electron chi connectivity index (χ2n) is 4.89. The number of carboxylic acids is 1. The third-order valence-corrected chi connectivity index (χ3v) is 2.93. The average Bonchev–Trinajstić information content (AvgIpc) is 2.44. The number of methoxy groups -OCH3 is 1. The molecule has 1 unspecified atom stereocenters. The number of carboxylic acid groups (broad SMARTS) is 1. The van der Waals surface area contributed by atoms with Gasteiger partial charge in [-0.05, 0) is 45.0 Å². The van der Waals surface area contributed by atoms with Gasteiger partial charge in [0, 0.05) is 6.04 Å². The van der Waals surface area contributed by atoms with E-state index in [4.69, 9.17) is 14.6 Å². The molecule has 0 spiro atoms. The molecule has 0 aromatic heterocycles. The SMILES string of the molecule is COc1ccc(OC(C)C(=O)N(CC(=O)O)C(C)C)cc1. The second kappa shape index (κ2) is 7.52. The summed E-state index contributed by atoms with van der Waals surface area (Å²) in [6.45, 7) is 4.79. The predicted molar refractivity (Wildman–Crippen MR) is 77.6 cm³/mol. The fourth-order valence-corrected chi connectivity index (χ4v) is 1.80. The molecule has 6 nitrogen and oxygen atoms in total. The number of aliphatic carboxylic acids is 1. The van der Waals surface area contributed by atoms with E-state index in [0.29, 0.717) is 11.5 Å². The molecule has 21 heavy (non-hydrogen) atoms. The van der Waals surface area contributed by atoms with Crippen molar-refractivity contribution in [1.29, 1.82) is 0 Å². The number of carbonyl (C=O) groups is 2. The van der Waals surface area contributed by atoms with Gasteiger partial charge in [0.25, 0.3) is 5.91 Å². The van der Waals surface area contributed by atoms with E-state index in [2.05, 4.69) is 0 Å². The van der Waals surface area contributed by atoms with Crippen molar-refractivity contribution >= 4 is 11.9 Å². The maximum Gasteiger partial charge on any atom is 0.323 e. The highest BCUT2D eigenvalue weighted by Gasteiger charge is 2.26. The molecule has 1 rings (SSSR count). The molecule has 0 aliphatic heterocycles. The molecular weight excluding hydrogens is 274 g/mol. The van der Waals surface area contributed by atoms with Gasteiger partial charge in [-0.25, -0.2) is 0 Å². The maximum atomic E-state index is 12.3. The highest BCUT2D eigenvalue weighted by Crippen LogP contribution is 2.19. The van der Waals surface area contributed by atoms with Crippen LogP contribution in [0.2, 0.25) is 0 Å². The van der Waals surface area contributed by atoms with Gasteiger partial charge >= 0.3 is 5.97 Å². The van der Waals surface area contributed by atoms with Crippen LogP contribution in [0, 0.1) is 0 Å². The Kier molecular flexibility index (Phi) is 6.02. The first-order chi connectivity index (χ1) is 9.85. The average molecular weight is 295 g/mol. The largest absolute Gasteiger partial charge is 0.497 e. The number of amides is 1. The van der Waals surface area contributed by atoms with Crippen LogP contribution in [0.4, 0.5) is 0 Å². The first kappa shape index (κ1) is 16.8. The Morgan fingerprint density at radius 3 is 2.10 bits per heavy atom. The monoisotopic (exact) mass is 295 g/mol. The minimum Gasteiger partial charge on any atom is -0.497 e. The number of hydrogen-bond acceptors (Lipinski definition) is 4. The number of hydrogen-bond donors (Lipinski definition) is 1. The highest BCUT2D eigenvalue weighted by molar-refractivity contribution is 5.84. The fraction of sp³-hybridized carbons (Fsp3) is 0.467. The minimum absolute atomic E-state index is 0.212. The smallest absolute Gasteiger partial charge is 0.323 e. The molecule has 1 amide bonds. The van der Waals surface area contributed by atoms with E-state index in [1.807, 2.05) is 0 Å². The summed E-state index contributed by atoms with van der Waals surface area (Å²) in [6, 6.07) is 6.63. The van der Waals surface area contributed by atoms with Gasteiger partial charge in [0.15, 0.2) is 6.10 Å². The maximum absolute atomic E-state index is 12.3. The van der Waals surface area contributed by atoms with Crippen molar-refractivity contribution < 1.29 is 24.2 Å². The van der Waals surface area contributed by atoms with Gasteiger partial charge in [-0.3, -0.25) is 9.59 Å². The summed E-state index contributed by atoms with van der Waals surface area (Å²) in [4.78, 5) is 24.4. The van der Waals surface area contributed by atoms with E-state index in [9.17, 15) is 9.59 Å². The summed E-state index contributed by atoms with van der Waals surface area (Å²) in [5, 5.41) is 8.86. The van der Waals surface area contributed by atoms with Gasteiger partial charge < -0.3 is 19.5 Å². The summed E-state index contributed by atoms with van der Waals surface area (Å²) in [6.07, 6.45) is -0.764. The zero-order chi connectivity index (χ0) is 16.0. The molecule has 0 saturated heterocycles. The van der Waals surface area contributed by atoms with E-state index >= 15 is 0 Å². The van der Waals surface area contributed by atoms with Gasteiger partial charge in [0.2, 0.25) is 0 Å². The molecule has 0 aliphatic rings. The van der Waals surface area contributed by atoms with Crippen molar-refractivity contribution in [3.63, 3.8) is 0 Å². The lowest BCUT2D eigenvalue weighted by atomic mass is 10.2. The lowest BCUT2D eigenvalue weighted by molar-refractivity contribution is -0.149. The van der Waals surface area contributed by atoms with Crippen LogP contribution in [-0.4, -0.2) is 47.7 Å². The van der Waals surface area contributed by atoms with Gasteiger partial charge in [-0.1, -0.05) is 0 Å². The zero-order valence-corrected chi connectivity index (χ0v) is 12.7. The molecule has 1 aromatic carbocycles. The van der Waals surface area contributed by atoms with Gasteiger partial charge in [0.05, 0.1) is 7.11 Å². The van der Waals surface area contributed by atoms with Crippen molar-refractivity contribution in [2.75, 3.05) is 13.7 Å². The Hall–Kier alpha value is -2.24. The Morgan fingerprint density at radius 1 is 1.14 bits per heavy atom. The number of benzene rings is 1. The first-order valence-electron chi connectivity index (χ1n) is 6.68. The number of nitrogens with zero attached hydrogens (tertiary/aromatic N) is 1. The van der Waals surface area contributed by atoms with Crippen molar-refractivity contribution in [2.45, 2.75) is 32.9 Å². The first-order valence-corrected chi connectivity index (χ1v) is 6.68. The minimum atomic E-state index is -1.05. The molecule has 1 atom stereocenters. The van der Waals surface area contributed by atoms with Crippen LogP contribution in [0.3, 0.4) is 0 Å². The summed E-state index contributed by atoms with van der Waals surface area (Å²) < 4.78 is 10.6. The Bertz CT molecular complexity index is 483. The second-order valence-corrected chi connectivity index (χ2v) is 4.89. The van der Waals surface area contributed by atoms with Crippen LogP contribution in [-0.2, 0) is 9.59 Å². The third-order valence-electron chi connectivity index (χ3n) is 2.93. The topological polar surface area (TPSA) is 76.1 Å². The lowest BCUT2D eigenvalue weighted by Gasteiger charge is -2.28. The lowest BCUT2D eigenvalue weighted by Crippen LogP contribution is -2.46. The molecule has 0 radical (unpaired) electrons. The molecule has 6 heteroatoms. The fourth-order valence-electron chi connectivity index (χ4n) is 1.80. The summed E-state index contributed by atoms with van der Waals surface area (Å²) >= 11 is 0. The van der Waals surface area contributed by atoms with Crippen molar-refractivity contribution in [2.24, 2.45) is 0 Å². The van der Waals surface area contributed by atoms with Crippen LogP contribution in [0.5, 0.6) is 11.5 Å². The standard InChI is InChI=1S/C15H21NO5/c1-10(2)16(9-14(17)18)15(19)11(3)21-13-7-5-12(20-4)6-8-13/h5-8,10-11H,9H2,1-4H3,(H,17,18). The van der Waals surface area contributed by atoms with Gasteiger partial charge in [0.1, 0.15) is 18.0 Å². The van der Waals surface area contributed by atoms with Crippen LogP contribution in [0.25, 0.3) is 0 Å². The van der Waals surface area contributed by atoms with E-state index < -0.39 is 12.1 Å². The molecule has 116 valence electrons. The van der Waals surface area contributed by atoms with E-state index in [1.165, 1.54) is 4.90 Å². The molecule has 0 fully saturated rings. The number of carbonyl (C=O) groups excluding carboxylic acids is 1. The highest BCUT2D eigenvalue weighted by atomic mass is 16.5. The predicted octanol–water partition coefficient (Wildman–Crippen LogP) is 1.78. The van der Waals surface area contributed by atoms with E-state index in [0.717, 1.165) is 0 Å². The van der Waals surface area contributed by atoms with E-state index in [-0.39, 0.29) is 18.5 Å². The van der Waals surface area contributed by atoms with Crippen molar-refractivity contribution in [3.05, 3.63) is 24.3 Å². The van der Waals surface area contributed by atoms with Crippen molar-refractivity contribution in [3.8, 4) is 11.5 Å². The van der Waals surface area contributed by atoms with Gasteiger partial charge in [-0.15, -0.1) is 0 Å². The van der Waals surface area contributed by atoms with Crippen LogP contribution < -0.4 is 9.47 Å². The molecule has 0 aliphatic carbocycles. The Balaban J connectivity index is 2.73. The number of rotatable bonds is 7. The molecule has 0 bridgehead atoms. The van der Waals surface area contributed by atoms with Crippen LogP contribution in [0.15, 0.2) is 24.3 Å². The molecule has 0 heterocycles. The Morgan fingerprint density at radius 2 is 1.67 bits per heavy atom. The summed E-state index contributed by atoms with van der Waals surface area (Å²) in [5.41, 5.74) is 0. The van der Waals surface area contributed by atoms with Crippen LogP contribution in [0.1, 0.15) is 20.8 Å². The summed E-state index contributed by atoms with van der Waals surface area (Å²) in [5.74, 6) is -0.191. The molecule has 0 saturated carbocycles. The van der Waals surface area contributed by atoms with Gasteiger partial charge in [-0.2, -0.15) is 0 Å². The Labute approximate surface area is 124 Å².